The summed E-state index contributed by atoms with van der Waals surface area (Å²) in [5.41, 5.74) is 1.30. The molecule has 1 aliphatic rings. The van der Waals surface area contributed by atoms with E-state index in [2.05, 4.69) is 4.98 Å². The molecule has 0 atom stereocenters. The van der Waals surface area contributed by atoms with Crippen molar-refractivity contribution in [2.75, 3.05) is 0 Å². The minimum Gasteiger partial charge on any atom is -0.481 e. The van der Waals surface area contributed by atoms with Gasteiger partial charge in [-0.1, -0.05) is 0 Å². The minimum atomic E-state index is -0.905. The van der Waals surface area contributed by atoms with Crippen LogP contribution < -0.4 is 0 Å². The highest BCUT2D eigenvalue weighted by molar-refractivity contribution is 5.69. The van der Waals surface area contributed by atoms with E-state index in [9.17, 15) is 4.79 Å². The van der Waals surface area contributed by atoms with Gasteiger partial charge in [-0.05, 0) is 19.3 Å². The number of rotatable bonds is 2. The van der Waals surface area contributed by atoms with Crippen molar-refractivity contribution in [3.63, 3.8) is 0 Å². The molecule has 15 heavy (non-hydrogen) atoms. The van der Waals surface area contributed by atoms with Crippen molar-refractivity contribution < 1.29 is 9.90 Å². The summed E-state index contributed by atoms with van der Waals surface area (Å²) < 4.78 is 1.89. The van der Waals surface area contributed by atoms with Gasteiger partial charge in [-0.2, -0.15) is 5.26 Å². The van der Waals surface area contributed by atoms with E-state index >= 15 is 0 Å². The van der Waals surface area contributed by atoms with Crippen molar-refractivity contribution >= 4 is 5.97 Å². The SMILES string of the molecule is N#Cc1nc(CC(=O)O)n2c1CCCC2. The van der Waals surface area contributed by atoms with E-state index in [0.29, 0.717) is 11.5 Å². The Bertz CT molecular complexity index is 442. The minimum absolute atomic E-state index is 0.103. The Morgan fingerprint density at radius 1 is 1.60 bits per heavy atom. The Balaban J connectivity index is 2.43. The van der Waals surface area contributed by atoms with Crippen LogP contribution in [0.25, 0.3) is 0 Å². The van der Waals surface area contributed by atoms with Crippen LogP contribution in [0.15, 0.2) is 0 Å². The molecule has 5 heteroatoms. The lowest BCUT2D eigenvalue weighted by molar-refractivity contribution is -0.136. The third kappa shape index (κ3) is 1.71. The highest BCUT2D eigenvalue weighted by Crippen LogP contribution is 2.20. The van der Waals surface area contributed by atoms with Gasteiger partial charge in [0.15, 0.2) is 5.69 Å². The molecule has 0 aliphatic carbocycles. The summed E-state index contributed by atoms with van der Waals surface area (Å²) in [6.45, 7) is 0.784. The standard InChI is InChI=1S/C10H11N3O2/c11-6-7-8-3-1-2-4-13(8)9(12-7)5-10(14)15/h1-5H2,(H,14,15). The molecule has 1 aromatic rings. The first-order chi connectivity index (χ1) is 7.22. The molecule has 2 heterocycles. The van der Waals surface area contributed by atoms with Crippen LogP contribution in [-0.4, -0.2) is 20.6 Å². The first kappa shape index (κ1) is 9.71. The van der Waals surface area contributed by atoms with Gasteiger partial charge >= 0.3 is 5.97 Å². The van der Waals surface area contributed by atoms with Gasteiger partial charge in [0, 0.05) is 6.54 Å². The second-order valence-corrected chi connectivity index (χ2v) is 3.61. The van der Waals surface area contributed by atoms with Crippen LogP contribution in [0.5, 0.6) is 0 Å². The summed E-state index contributed by atoms with van der Waals surface area (Å²) in [4.78, 5) is 14.7. The lowest BCUT2D eigenvalue weighted by Gasteiger charge is -2.15. The van der Waals surface area contributed by atoms with Crippen molar-refractivity contribution in [3.05, 3.63) is 17.2 Å². The number of fused-ring (bicyclic) bond motifs is 1. The molecule has 0 amide bonds. The van der Waals surface area contributed by atoms with E-state index in [1.165, 1.54) is 0 Å². The average Bonchev–Trinajstić information content (AvgIpc) is 2.56. The molecule has 0 aromatic carbocycles. The molecule has 78 valence electrons. The van der Waals surface area contributed by atoms with Gasteiger partial charge in [0.05, 0.1) is 5.69 Å². The number of nitriles is 1. The second kappa shape index (κ2) is 3.73. The maximum atomic E-state index is 10.6. The van der Waals surface area contributed by atoms with Crippen molar-refractivity contribution in [2.45, 2.75) is 32.2 Å². The molecule has 0 fully saturated rings. The summed E-state index contributed by atoms with van der Waals surface area (Å²) in [7, 11) is 0. The molecule has 1 aromatic heterocycles. The number of imidazole rings is 1. The first-order valence-corrected chi connectivity index (χ1v) is 4.92. The molecule has 0 saturated heterocycles. The molecular formula is C10H11N3O2. The third-order valence-corrected chi connectivity index (χ3v) is 2.61. The number of aliphatic carboxylic acids is 1. The second-order valence-electron chi connectivity index (χ2n) is 3.61. The van der Waals surface area contributed by atoms with Gasteiger partial charge in [-0.3, -0.25) is 4.79 Å². The highest BCUT2D eigenvalue weighted by atomic mass is 16.4. The summed E-state index contributed by atoms with van der Waals surface area (Å²) in [5.74, 6) is -0.397. The number of hydrogen-bond acceptors (Lipinski definition) is 3. The average molecular weight is 205 g/mol. The van der Waals surface area contributed by atoms with Crippen LogP contribution in [0.2, 0.25) is 0 Å². The van der Waals surface area contributed by atoms with Crippen LogP contribution in [0.3, 0.4) is 0 Å². The number of aromatic nitrogens is 2. The lowest BCUT2D eigenvalue weighted by Crippen LogP contribution is -2.15. The van der Waals surface area contributed by atoms with E-state index in [4.69, 9.17) is 10.4 Å². The summed E-state index contributed by atoms with van der Waals surface area (Å²) >= 11 is 0. The van der Waals surface area contributed by atoms with E-state index in [-0.39, 0.29) is 6.42 Å². The first-order valence-electron chi connectivity index (χ1n) is 4.92. The zero-order chi connectivity index (χ0) is 10.8. The van der Waals surface area contributed by atoms with Gasteiger partial charge in [-0.15, -0.1) is 0 Å². The van der Waals surface area contributed by atoms with E-state index < -0.39 is 5.97 Å². The van der Waals surface area contributed by atoms with E-state index in [1.807, 2.05) is 10.6 Å². The van der Waals surface area contributed by atoms with Gasteiger partial charge < -0.3 is 9.67 Å². The van der Waals surface area contributed by atoms with Crippen LogP contribution in [0, 0.1) is 11.3 Å². The normalized spacial score (nSPS) is 14.3. The zero-order valence-corrected chi connectivity index (χ0v) is 8.23. The maximum absolute atomic E-state index is 10.6. The van der Waals surface area contributed by atoms with Gasteiger partial charge in [0.1, 0.15) is 18.3 Å². The molecule has 2 rings (SSSR count). The van der Waals surface area contributed by atoms with Gasteiger partial charge in [0.2, 0.25) is 0 Å². The predicted octanol–water partition coefficient (Wildman–Crippen LogP) is 0.718. The van der Waals surface area contributed by atoms with Crippen LogP contribution in [0.4, 0.5) is 0 Å². The number of carboxylic acid groups (broad SMARTS) is 1. The molecule has 0 bridgehead atoms. The lowest BCUT2D eigenvalue weighted by atomic mass is 10.1. The highest BCUT2D eigenvalue weighted by Gasteiger charge is 2.20. The maximum Gasteiger partial charge on any atom is 0.311 e. The van der Waals surface area contributed by atoms with Crippen molar-refractivity contribution in [1.29, 1.82) is 5.26 Å². The number of carbonyl (C=O) groups is 1. The monoisotopic (exact) mass is 205 g/mol. The molecule has 1 N–H and O–H groups in total. The Morgan fingerprint density at radius 3 is 3.07 bits per heavy atom. The fraction of sp³-hybridized carbons (Fsp3) is 0.500. The van der Waals surface area contributed by atoms with Crippen LogP contribution >= 0.6 is 0 Å². The molecular weight excluding hydrogens is 194 g/mol. The van der Waals surface area contributed by atoms with Gasteiger partial charge in [0.25, 0.3) is 0 Å². The van der Waals surface area contributed by atoms with Crippen molar-refractivity contribution in [2.24, 2.45) is 0 Å². The number of hydrogen-bond donors (Lipinski definition) is 1. The molecule has 0 unspecified atom stereocenters. The number of carboxylic acids is 1. The number of nitrogens with zero attached hydrogens (tertiary/aromatic N) is 3. The fourth-order valence-corrected chi connectivity index (χ4v) is 1.98. The summed E-state index contributed by atoms with van der Waals surface area (Å²) in [6, 6.07) is 2.02. The Hall–Kier alpha value is -1.83. The van der Waals surface area contributed by atoms with E-state index in [0.717, 1.165) is 31.5 Å². The zero-order valence-electron chi connectivity index (χ0n) is 8.23. The van der Waals surface area contributed by atoms with Crippen molar-refractivity contribution in [1.82, 2.24) is 9.55 Å². The topological polar surface area (TPSA) is 78.9 Å². The van der Waals surface area contributed by atoms with Crippen molar-refractivity contribution in [3.8, 4) is 6.07 Å². The van der Waals surface area contributed by atoms with Crippen LogP contribution in [0.1, 0.15) is 30.1 Å². The van der Waals surface area contributed by atoms with Gasteiger partial charge in [-0.25, -0.2) is 4.98 Å². The summed E-state index contributed by atoms with van der Waals surface area (Å²) in [6.07, 6.45) is 2.80. The summed E-state index contributed by atoms with van der Waals surface area (Å²) in [5, 5.41) is 17.6. The van der Waals surface area contributed by atoms with Crippen LogP contribution in [-0.2, 0) is 24.2 Å². The predicted molar refractivity (Wildman–Crippen MR) is 51.2 cm³/mol. The Labute approximate surface area is 87.0 Å². The third-order valence-electron chi connectivity index (χ3n) is 2.61. The molecule has 0 radical (unpaired) electrons. The smallest absolute Gasteiger partial charge is 0.311 e. The molecule has 1 aliphatic heterocycles. The molecule has 5 nitrogen and oxygen atoms in total. The quantitative estimate of drug-likeness (QED) is 0.771. The molecule has 0 saturated carbocycles. The fourth-order valence-electron chi connectivity index (χ4n) is 1.98. The largest absolute Gasteiger partial charge is 0.481 e. The Morgan fingerprint density at radius 2 is 2.40 bits per heavy atom. The molecule has 0 spiro atoms. The van der Waals surface area contributed by atoms with E-state index in [1.54, 1.807) is 0 Å². The Kier molecular flexibility index (Phi) is 2.42.